The molecule has 1 aromatic carbocycles. The highest BCUT2D eigenvalue weighted by molar-refractivity contribution is 6.30. The van der Waals surface area contributed by atoms with Crippen LogP contribution >= 0.6 is 11.6 Å². The molecule has 1 aromatic heterocycles. The molecule has 1 N–H and O–H groups in total. The smallest absolute Gasteiger partial charge is 0.133 e. The lowest BCUT2D eigenvalue weighted by molar-refractivity contribution is 0.319. The van der Waals surface area contributed by atoms with Crippen LogP contribution in [0.2, 0.25) is 5.02 Å². The summed E-state index contributed by atoms with van der Waals surface area (Å²) in [5, 5.41) is 20.5. The Hall–Kier alpha value is -1.88. The summed E-state index contributed by atoms with van der Waals surface area (Å²) in [7, 11) is 0. The summed E-state index contributed by atoms with van der Waals surface area (Å²) in [4.78, 5) is 0. The number of hydrogen-bond donors (Lipinski definition) is 1. The van der Waals surface area contributed by atoms with Gasteiger partial charge in [0.2, 0.25) is 0 Å². The van der Waals surface area contributed by atoms with Crippen LogP contribution in [0.5, 0.6) is 0 Å². The predicted molar refractivity (Wildman–Crippen MR) is 65.1 cm³/mol. The minimum atomic E-state index is 0.433. The van der Waals surface area contributed by atoms with Crippen molar-refractivity contribution in [3.63, 3.8) is 0 Å². The van der Waals surface area contributed by atoms with E-state index in [0.29, 0.717) is 16.4 Å². The van der Waals surface area contributed by atoms with E-state index >= 15 is 0 Å². The Labute approximate surface area is 103 Å². The number of hydrogen-bond acceptors (Lipinski definition) is 4. The summed E-state index contributed by atoms with van der Waals surface area (Å²) in [5.41, 5.74) is 2.67. The minimum absolute atomic E-state index is 0.433. The highest BCUT2D eigenvalue weighted by Crippen LogP contribution is 2.15. The summed E-state index contributed by atoms with van der Waals surface area (Å²) in [6.45, 7) is 3.53. The highest BCUT2D eigenvalue weighted by atomic mass is 35.5. The van der Waals surface area contributed by atoms with E-state index in [1.165, 1.54) is 0 Å². The zero-order valence-electron chi connectivity index (χ0n) is 9.42. The van der Waals surface area contributed by atoms with Crippen molar-refractivity contribution in [3.05, 3.63) is 40.7 Å². The lowest BCUT2D eigenvalue weighted by Gasteiger charge is -2.03. The van der Waals surface area contributed by atoms with E-state index in [4.69, 9.17) is 16.8 Å². The maximum absolute atomic E-state index is 8.72. The van der Waals surface area contributed by atoms with E-state index < -0.39 is 0 Å². The van der Waals surface area contributed by atoms with Gasteiger partial charge < -0.3 is 5.21 Å². The normalized spacial score (nSPS) is 11.8. The molecule has 0 saturated carbocycles. The molecule has 0 amide bonds. The average molecular weight is 251 g/mol. The Morgan fingerprint density at radius 2 is 2.00 bits per heavy atom. The molecule has 17 heavy (non-hydrogen) atoms. The van der Waals surface area contributed by atoms with Gasteiger partial charge in [-0.15, -0.1) is 5.10 Å². The Bertz CT molecular complexity index is 559. The molecule has 88 valence electrons. The average Bonchev–Trinajstić information content (AvgIpc) is 2.71. The minimum Gasteiger partial charge on any atom is -0.411 e. The summed E-state index contributed by atoms with van der Waals surface area (Å²) in [5.74, 6) is 0. The molecule has 2 aromatic rings. The Kier molecular flexibility index (Phi) is 3.10. The topological polar surface area (TPSA) is 63.3 Å². The quantitative estimate of drug-likeness (QED) is 0.506. The monoisotopic (exact) mass is 250 g/mol. The summed E-state index contributed by atoms with van der Waals surface area (Å²) in [6.07, 6.45) is 0. The number of oxime groups is 1. The third kappa shape index (κ3) is 2.14. The third-order valence-corrected chi connectivity index (χ3v) is 2.71. The molecule has 0 spiro atoms. The van der Waals surface area contributed by atoms with Crippen molar-refractivity contribution < 1.29 is 5.21 Å². The van der Waals surface area contributed by atoms with Crippen LogP contribution in [0, 0.1) is 6.92 Å². The summed E-state index contributed by atoms with van der Waals surface area (Å²) >= 11 is 5.82. The van der Waals surface area contributed by atoms with Crippen molar-refractivity contribution in [3.8, 4) is 5.69 Å². The molecule has 0 unspecified atom stereocenters. The van der Waals surface area contributed by atoms with E-state index in [-0.39, 0.29) is 0 Å². The Morgan fingerprint density at radius 1 is 1.35 bits per heavy atom. The highest BCUT2D eigenvalue weighted by Gasteiger charge is 2.12. The lowest BCUT2D eigenvalue weighted by Crippen LogP contribution is -2.01. The Morgan fingerprint density at radius 3 is 2.59 bits per heavy atom. The molecule has 0 aliphatic carbocycles. The zero-order chi connectivity index (χ0) is 12.4. The molecule has 0 radical (unpaired) electrons. The largest absolute Gasteiger partial charge is 0.411 e. The first kappa shape index (κ1) is 11.6. The van der Waals surface area contributed by atoms with E-state index in [2.05, 4.69) is 15.5 Å². The van der Waals surface area contributed by atoms with Crippen LogP contribution in [0.15, 0.2) is 29.4 Å². The van der Waals surface area contributed by atoms with Crippen molar-refractivity contribution in [2.45, 2.75) is 13.8 Å². The van der Waals surface area contributed by atoms with Crippen LogP contribution in [0.3, 0.4) is 0 Å². The number of aromatic nitrogens is 3. The fourth-order valence-electron chi connectivity index (χ4n) is 1.54. The van der Waals surface area contributed by atoms with Crippen LogP contribution in [-0.4, -0.2) is 25.9 Å². The summed E-state index contributed by atoms with van der Waals surface area (Å²) in [6, 6.07) is 7.26. The fraction of sp³-hybridized carbons (Fsp3) is 0.182. The molecule has 0 bridgehead atoms. The standard InChI is InChI=1S/C11H11ClN4O/c1-7(14-17)11-8(2)16(15-13-11)10-5-3-9(12)4-6-10/h3-6,17H,1-2H3. The number of benzene rings is 1. The SMILES string of the molecule is CC(=NO)c1nnn(-c2ccc(Cl)cc2)c1C. The zero-order valence-corrected chi connectivity index (χ0v) is 10.2. The van der Waals surface area contributed by atoms with Crippen molar-refractivity contribution in [2.75, 3.05) is 0 Å². The summed E-state index contributed by atoms with van der Waals surface area (Å²) < 4.78 is 1.67. The van der Waals surface area contributed by atoms with Gasteiger partial charge in [-0.05, 0) is 38.1 Å². The fourth-order valence-corrected chi connectivity index (χ4v) is 1.66. The molecule has 0 saturated heterocycles. The number of rotatable bonds is 2. The molecule has 0 atom stereocenters. The lowest BCUT2D eigenvalue weighted by atomic mass is 10.2. The van der Waals surface area contributed by atoms with Crippen LogP contribution in [0.25, 0.3) is 5.69 Å². The van der Waals surface area contributed by atoms with Crippen LogP contribution < -0.4 is 0 Å². The molecule has 0 fully saturated rings. The van der Waals surface area contributed by atoms with Crippen molar-refractivity contribution in [2.24, 2.45) is 5.16 Å². The number of halogens is 1. The van der Waals surface area contributed by atoms with Gasteiger partial charge >= 0.3 is 0 Å². The van der Waals surface area contributed by atoms with Gasteiger partial charge in [0.25, 0.3) is 0 Å². The van der Waals surface area contributed by atoms with Gasteiger partial charge in [-0.25, -0.2) is 4.68 Å². The predicted octanol–water partition coefficient (Wildman–Crippen LogP) is 2.43. The van der Waals surface area contributed by atoms with Crippen LogP contribution in [0.1, 0.15) is 18.3 Å². The molecule has 0 aliphatic heterocycles. The van der Waals surface area contributed by atoms with Gasteiger partial charge in [0.15, 0.2) is 0 Å². The van der Waals surface area contributed by atoms with Crippen molar-refractivity contribution in [1.29, 1.82) is 0 Å². The second-order valence-corrected chi connectivity index (χ2v) is 4.03. The van der Waals surface area contributed by atoms with E-state index in [1.807, 2.05) is 19.1 Å². The van der Waals surface area contributed by atoms with Crippen molar-refractivity contribution in [1.82, 2.24) is 15.0 Å². The Balaban J connectivity index is 2.47. The molecule has 6 heteroatoms. The first-order valence-corrected chi connectivity index (χ1v) is 5.38. The first-order valence-electron chi connectivity index (χ1n) is 5.00. The molecule has 0 aliphatic rings. The van der Waals surface area contributed by atoms with Crippen LogP contribution in [0.4, 0.5) is 0 Å². The molecule has 5 nitrogen and oxygen atoms in total. The molecular formula is C11H11ClN4O. The van der Waals surface area contributed by atoms with Crippen molar-refractivity contribution >= 4 is 17.3 Å². The van der Waals surface area contributed by atoms with Gasteiger partial charge in [0, 0.05) is 5.02 Å². The van der Waals surface area contributed by atoms with E-state index in [0.717, 1.165) is 11.4 Å². The van der Waals surface area contributed by atoms with Gasteiger partial charge in [0.1, 0.15) is 11.4 Å². The van der Waals surface area contributed by atoms with Gasteiger partial charge in [0.05, 0.1) is 11.4 Å². The van der Waals surface area contributed by atoms with Gasteiger partial charge in [-0.2, -0.15) is 0 Å². The number of nitrogens with zero attached hydrogens (tertiary/aromatic N) is 4. The molecule has 2 rings (SSSR count). The molecular weight excluding hydrogens is 240 g/mol. The van der Waals surface area contributed by atoms with Gasteiger partial charge in [-0.1, -0.05) is 22.0 Å². The van der Waals surface area contributed by atoms with E-state index in [1.54, 1.807) is 23.7 Å². The maximum Gasteiger partial charge on any atom is 0.133 e. The second kappa shape index (κ2) is 4.55. The van der Waals surface area contributed by atoms with E-state index in [9.17, 15) is 0 Å². The second-order valence-electron chi connectivity index (χ2n) is 3.60. The van der Waals surface area contributed by atoms with Crippen LogP contribution in [-0.2, 0) is 0 Å². The third-order valence-electron chi connectivity index (χ3n) is 2.46. The van der Waals surface area contributed by atoms with Gasteiger partial charge in [-0.3, -0.25) is 0 Å². The molecule has 1 heterocycles. The maximum atomic E-state index is 8.72. The first-order chi connectivity index (χ1) is 8.13.